The van der Waals surface area contributed by atoms with E-state index < -0.39 is 0 Å². The number of nitrogens with one attached hydrogen (secondary N) is 1. The van der Waals surface area contributed by atoms with Crippen molar-refractivity contribution in [3.8, 4) is 0 Å². The lowest BCUT2D eigenvalue weighted by Crippen LogP contribution is -2.48. The molecule has 19 heavy (non-hydrogen) atoms. The zero-order valence-electron chi connectivity index (χ0n) is 10.6. The molecule has 1 aromatic heterocycles. The highest BCUT2D eigenvalue weighted by Crippen LogP contribution is 2.16. The zero-order chi connectivity index (χ0) is 13.1. The standard InChI is InChI=1S/C14H16N4O/c19-14-13(15-6-7-16-14)18-10-8-17(9-11-18)12-4-2-1-3-5-12/h1-7H,8-11H2,(H,16,19). The molecule has 98 valence electrons. The van der Waals surface area contributed by atoms with Gasteiger partial charge in [0, 0.05) is 44.3 Å². The summed E-state index contributed by atoms with van der Waals surface area (Å²) in [5.74, 6) is 0.523. The Balaban J connectivity index is 1.70. The second-order valence-corrected chi connectivity index (χ2v) is 4.55. The van der Waals surface area contributed by atoms with Crippen molar-refractivity contribution in [2.24, 2.45) is 0 Å². The Morgan fingerprint density at radius 1 is 1.00 bits per heavy atom. The van der Waals surface area contributed by atoms with E-state index in [0.717, 1.165) is 26.2 Å². The van der Waals surface area contributed by atoms with Gasteiger partial charge in [-0.2, -0.15) is 0 Å². The highest BCUT2D eigenvalue weighted by molar-refractivity contribution is 5.48. The molecule has 0 radical (unpaired) electrons. The molecule has 0 atom stereocenters. The van der Waals surface area contributed by atoms with E-state index in [1.807, 2.05) is 23.1 Å². The Hall–Kier alpha value is -2.30. The van der Waals surface area contributed by atoms with Gasteiger partial charge in [0.15, 0.2) is 5.82 Å². The molecule has 1 aliphatic rings. The van der Waals surface area contributed by atoms with Gasteiger partial charge in [0.05, 0.1) is 0 Å². The Kier molecular flexibility index (Phi) is 3.18. The van der Waals surface area contributed by atoms with Gasteiger partial charge in [0.1, 0.15) is 0 Å². The second kappa shape index (κ2) is 5.14. The fourth-order valence-corrected chi connectivity index (χ4v) is 2.38. The largest absolute Gasteiger partial charge is 0.368 e. The summed E-state index contributed by atoms with van der Waals surface area (Å²) in [6, 6.07) is 10.3. The maximum atomic E-state index is 11.7. The predicted molar refractivity (Wildman–Crippen MR) is 75.7 cm³/mol. The average molecular weight is 256 g/mol. The maximum Gasteiger partial charge on any atom is 0.290 e. The summed E-state index contributed by atoms with van der Waals surface area (Å²) in [6.45, 7) is 3.43. The lowest BCUT2D eigenvalue weighted by molar-refractivity contribution is 0.644. The van der Waals surface area contributed by atoms with E-state index in [-0.39, 0.29) is 5.56 Å². The number of aromatic amines is 1. The van der Waals surface area contributed by atoms with Crippen LogP contribution in [0.25, 0.3) is 0 Å². The first-order valence-electron chi connectivity index (χ1n) is 6.43. The van der Waals surface area contributed by atoms with E-state index in [9.17, 15) is 4.79 Å². The molecule has 0 spiro atoms. The second-order valence-electron chi connectivity index (χ2n) is 4.55. The Morgan fingerprint density at radius 3 is 2.37 bits per heavy atom. The topological polar surface area (TPSA) is 52.2 Å². The molecule has 0 amide bonds. The first-order valence-corrected chi connectivity index (χ1v) is 6.43. The molecule has 1 aromatic carbocycles. The number of rotatable bonds is 2. The molecular weight excluding hydrogens is 240 g/mol. The number of nitrogens with zero attached hydrogens (tertiary/aromatic N) is 3. The van der Waals surface area contributed by atoms with Gasteiger partial charge in [0.2, 0.25) is 0 Å². The van der Waals surface area contributed by atoms with Crippen molar-refractivity contribution < 1.29 is 0 Å². The van der Waals surface area contributed by atoms with Gasteiger partial charge in [-0.3, -0.25) is 4.79 Å². The summed E-state index contributed by atoms with van der Waals surface area (Å²) >= 11 is 0. The molecule has 2 aromatic rings. The Labute approximate surface area is 111 Å². The van der Waals surface area contributed by atoms with Crippen LogP contribution in [0.4, 0.5) is 11.5 Å². The fraction of sp³-hybridized carbons (Fsp3) is 0.286. The molecule has 5 heteroatoms. The minimum absolute atomic E-state index is 0.115. The quantitative estimate of drug-likeness (QED) is 0.874. The number of benzene rings is 1. The molecule has 2 heterocycles. The van der Waals surface area contributed by atoms with Gasteiger partial charge in [-0.05, 0) is 12.1 Å². The molecular formula is C14H16N4O. The van der Waals surface area contributed by atoms with Crippen LogP contribution in [0.2, 0.25) is 0 Å². The van der Waals surface area contributed by atoms with Crippen LogP contribution in [-0.4, -0.2) is 36.1 Å². The molecule has 0 unspecified atom stereocenters. The predicted octanol–water partition coefficient (Wildman–Crippen LogP) is 1.10. The number of piperazine rings is 1. The van der Waals surface area contributed by atoms with Crippen LogP contribution in [0.3, 0.4) is 0 Å². The summed E-state index contributed by atoms with van der Waals surface area (Å²) in [5.41, 5.74) is 1.12. The monoisotopic (exact) mass is 256 g/mol. The van der Waals surface area contributed by atoms with E-state index in [1.165, 1.54) is 5.69 Å². The van der Waals surface area contributed by atoms with Crippen molar-refractivity contribution in [1.82, 2.24) is 9.97 Å². The minimum Gasteiger partial charge on any atom is -0.368 e. The van der Waals surface area contributed by atoms with Crippen LogP contribution in [0, 0.1) is 0 Å². The smallest absolute Gasteiger partial charge is 0.290 e. The van der Waals surface area contributed by atoms with Crippen molar-refractivity contribution in [2.75, 3.05) is 36.0 Å². The average Bonchev–Trinajstić information content (AvgIpc) is 2.49. The molecule has 0 saturated carbocycles. The summed E-state index contributed by atoms with van der Waals surface area (Å²) in [5, 5.41) is 0. The van der Waals surface area contributed by atoms with Gasteiger partial charge in [-0.15, -0.1) is 0 Å². The van der Waals surface area contributed by atoms with Crippen molar-refractivity contribution in [3.05, 3.63) is 53.1 Å². The normalized spacial score (nSPS) is 15.6. The molecule has 1 N–H and O–H groups in total. The van der Waals surface area contributed by atoms with E-state index in [4.69, 9.17) is 0 Å². The molecule has 3 rings (SSSR count). The molecule has 1 fully saturated rings. The number of aromatic nitrogens is 2. The van der Waals surface area contributed by atoms with E-state index in [0.29, 0.717) is 5.82 Å². The minimum atomic E-state index is -0.115. The van der Waals surface area contributed by atoms with Crippen LogP contribution < -0.4 is 15.4 Å². The van der Waals surface area contributed by atoms with Gasteiger partial charge < -0.3 is 14.8 Å². The van der Waals surface area contributed by atoms with Crippen LogP contribution in [0.1, 0.15) is 0 Å². The van der Waals surface area contributed by atoms with E-state index >= 15 is 0 Å². The van der Waals surface area contributed by atoms with E-state index in [2.05, 4.69) is 27.0 Å². The summed E-state index contributed by atoms with van der Waals surface area (Å²) in [6.07, 6.45) is 3.19. The third-order valence-electron chi connectivity index (χ3n) is 3.39. The van der Waals surface area contributed by atoms with Crippen molar-refractivity contribution in [1.29, 1.82) is 0 Å². The van der Waals surface area contributed by atoms with Crippen molar-refractivity contribution in [3.63, 3.8) is 0 Å². The summed E-state index contributed by atoms with van der Waals surface area (Å²) < 4.78 is 0. The van der Waals surface area contributed by atoms with E-state index in [1.54, 1.807) is 12.4 Å². The Bertz CT molecular complexity index is 588. The lowest BCUT2D eigenvalue weighted by Gasteiger charge is -2.36. The first-order chi connectivity index (χ1) is 9.34. The molecule has 1 aliphatic heterocycles. The van der Waals surface area contributed by atoms with Crippen molar-refractivity contribution in [2.45, 2.75) is 0 Å². The van der Waals surface area contributed by atoms with Gasteiger partial charge in [-0.1, -0.05) is 18.2 Å². The number of H-pyrrole nitrogens is 1. The number of hydrogen-bond acceptors (Lipinski definition) is 4. The highest BCUT2D eigenvalue weighted by Gasteiger charge is 2.19. The summed E-state index contributed by atoms with van der Waals surface area (Å²) in [7, 11) is 0. The maximum absolute atomic E-state index is 11.7. The molecule has 1 saturated heterocycles. The molecule has 5 nitrogen and oxygen atoms in total. The van der Waals surface area contributed by atoms with Gasteiger partial charge >= 0.3 is 0 Å². The van der Waals surface area contributed by atoms with Crippen LogP contribution in [-0.2, 0) is 0 Å². The summed E-state index contributed by atoms with van der Waals surface area (Å²) in [4.78, 5) is 22.9. The fourth-order valence-electron chi connectivity index (χ4n) is 2.38. The Morgan fingerprint density at radius 2 is 1.68 bits per heavy atom. The number of hydrogen-bond donors (Lipinski definition) is 1. The third-order valence-corrected chi connectivity index (χ3v) is 3.39. The first kappa shape index (κ1) is 11.8. The van der Waals surface area contributed by atoms with Gasteiger partial charge in [-0.25, -0.2) is 4.98 Å². The third kappa shape index (κ3) is 2.45. The molecule has 0 aliphatic carbocycles. The lowest BCUT2D eigenvalue weighted by atomic mass is 10.2. The zero-order valence-corrected chi connectivity index (χ0v) is 10.6. The van der Waals surface area contributed by atoms with Crippen LogP contribution in [0.15, 0.2) is 47.5 Å². The SMILES string of the molecule is O=c1[nH]ccnc1N1CCN(c2ccccc2)CC1. The van der Waals surface area contributed by atoms with Crippen LogP contribution in [0.5, 0.6) is 0 Å². The highest BCUT2D eigenvalue weighted by atomic mass is 16.1. The van der Waals surface area contributed by atoms with Crippen LogP contribution >= 0.6 is 0 Å². The van der Waals surface area contributed by atoms with Crippen molar-refractivity contribution >= 4 is 11.5 Å². The number of anilines is 2. The molecule has 0 bridgehead atoms. The number of para-hydroxylation sites is 1. The van der Waals surface area contributed by atoms with Gasteiger partial charge in [0.25, 0.3) is 5.56 Å².